The third-order valence-electron chi connectivity index (χ3n) is 5.73. The summed E-state index contributed by atoms with van der Waals surface area (Å²) in [4.78, 5) is 2.44. The molecular formula is C21H23NO2. The normalized spacial score (nSPS) is 22.1. The highest BCUT2D eigenvalue weighted by molar-refractivity contribution is 5.56. The van der Waals surface area contributed by atoms with E-state index in [0.717, 1.165) is 51.3 Å². The smallest absolute Gasteiger partial charge is 0.126 e. The minimum absolute atomic E-state index is 0.357. The van der Waals surface area contributed by atoms with E-state index < -0.39 is 0 Å². The zero-order chi connectivity index (χ0) is 16.1. The standard InChI is InChI=1S/C21H23NO2/c1-22-10-7-18-16(6-5-15-9-12-24-21(15)18)19(13-22)17-4-2-3-14-8-11-23-20(14)17/h2-6,19H,7-13H2,1H3. The molecule has 1 atom stereocenters. The van der Waals surface area contributed by atoms with Gasteiger partial charge in [0.05, 0.1) is 13.2 Å². The maximum absolute atomic E-state index is 6.02. The van der Waals surface area contributed by atoms with E-state index in [0.29, 0.717) is 5.92 Å². The van der Waals surface area contributed by atoms with Crippen LogP contribution >= 0.6 is 0 Å². The zero-order valence-electron chi connectivity index (χ0n) is 14.2. The van der Waals surface area contributed by atoms with Crippen LogP contribution in [0.3, 0.4) is 0 Å². The Morgan fingerprint density at radius 1 is 0.875 bits per heavy atom. The average Bonchev–Trinajstić information content (AvgIpc) is 3.23. The largest absolute Gasteiger partial charge is 0.493 e. The molecule has 3 aliphatic rings. The van der Waals surface area contributed by atoms with Crippen LogP contribution in [0.2, 0.25) is 0 Å². The molecule has 0 saturated carbocycles. The molecule has 3 heteroatoms. The Labute approximate surface area is 143 Å². The van der Waals surface area contributed by atoms with E-state index in [9.17, 15) is 0 Å². The molecule has 3 heterocycles. The van der Waals surface area contributed by atoms with Crippen LogP contribution in [0, 0.1) is 0 Å². The van der Waals surface area contributed by atoms with Gasteiger partial charge in [-0.3, -0.25) is 0 Å². The first-order valence-electron chi connectivity index (χ1n) is 9.02. The molecule has 24 heavy (non-hydrogen) atoms. The lowest BCUT2D eigenvalue weighted by Gasteiger charge is -2.24. The van der Waals surface area contributed by atoms with Crippen molar-refractivity contribution in [3.8, 4) is 11.5 Å². The first-order chi connectivity index (χ1) is 11.8. The third kappa shape index (κ3) is 2.15. The van der Waals surface area contributed by atoms with E-state index in [2.05, 4.69) is 42.3 Å². The summed E-state index contributed by atoms with van der Waals surface area (Å²) in [5.41, 5.74) is 6.95. The molecule has 0 bridgehead atoms. The second-order valence-corrected chi connectivity index (χ2v) is 7.22. The van der Waals surface area contributed by atoms with Crippen molar-refractivity contribution in [1.29, 1.82) is 0 Å². The number of nitrogens with zero attached hydrogens (tertiary/aromatic N) is 1. The number of hydrogen-bond acceptors (Lipinski definition) is 3. The van der Waals surface area contributed by atoms with Crippen LogP contribution in [0.25, 0.3) is 0 Å². The highest BCUT2D eigenvalue weighted by Crippen LogP contribution is 2.43. The molecule has 2 aromatic carbocycles. The first kappa shape index (κ1) is 14.4. The van der Waals surface area contributed by atoms with Gasteiger partial charge in [0, 0.05) is 37.4 Å². The Kier molecular flexibility index (Phi) is 3.30. The molecule has 0 amide bonds. The Morgan fingerprint density at radius 2 is 1.67 bits per heavy atom. The summed E-state index contributed by atoms with van der Waals surface area (Å²) < 4.78 is 12.0. The van der Waals surface area contributed by atoms with E-state index in [1.165, 1.54) is 33.6 Å². The Bertz CT molecular complexity index is 799. The quantitative estimate of drug-likeness (QED) is 0.805. The van der Waals surface area contributed by atoms with E-state index in [-0.39, 0.29) is 0 Å². The summed E-state index contributed by atoms with van der Waals surface area (Å²) in [5, 5.41) is 0. The number of fused-ring (bicyclic) bond motifs is 4. The van der Waals surface area contributed by atoms with Gasteiger partial charge >= 0.3 is 0 Å². The van der Waals surface area contributed by atoms with Crippen molar-refractivity contribution in [2.75, 3.05) is 33.4 Å². The first-order valence-corrected chi connectivity index (χ1v) is 9.02. The predicted octanol–water partition coefficient (Wildman–Crippen LogP) is 3.18. The highest BCUT2D eigenvalue weighted by atomic mass is 16.5. The summed E-state index contributed by atoms with van der Waals surface area (Å²) in [6.07, 6.45) is 3.15. The number of rotatable bonds is 1. The molecule has 3 aliphatic heterocycles. The number of hydrogen-bond donors (Lipinski definition) is 0. The van der Waals surface area contributed by atoms with E-state index in [4.69, 9.17) is 9.47 Å². The van der Waals surface area contributed by atoms with Crippen LogP contribution in [-0.4, -0.2) is 38.3 Å². The third-order valence-corrected chi connectivity index (χ3v) is 5.73. The molecule has 0 aliphatic carbocycles. The fourth-order valence-corrected chi connectivity index (χ4v) is 4.50. The Balaban J connectivity index is 1.68. The molecule has 0 fully saturated rings. The summed E-state index contributed by atoms with van der Waals surface area (Å²) in [7, 11) is 2.23. The van der Waals surface area contributed by atoms with E-state index in [1.807, 2.05) is 0 Å². The molecular weight excluding hydrogens is 298 g/mol. The Morgan fingerprint density at radius 3 is 2.54 bits per heavy atom. The number of likely N-dealkylation sites (N-methyl/N-ethyl adjacent to an activating group) is 1. The van der Waals surface area contributed by atoms with E-state index >= 15 is 0 Å². The molecule has 5 rings (SSSR count). The van der Waals surface area contributed by atoms with Crippen LogP contribution in [0.1, 0.15) is 33.7 Å². The van der Waals surface area contributed by atoms with Gasteiger partial charge in [0.25, 0.3) is 0 Å². The molecule has 0 N–H and O–H groups in total. The lowest BCUT2D eigenvalue weighted by molar-refractivity contribution is 0.325. The monoisotopic (exact) mass is 321 g/mol. The Hall–Kier alpha value is -2.00. The number of benzene rings is 2. The summed E-state index contributed by atoms with van der Waals surface area (Å²) in [5.74, 6) is 2.65. The van der Waals surface area contributed by atoms with Crippen molar-refractivity contribution in [2.45, 2.75) is 25.2 Å². The fourth-order valence-electron chi connectivity index (χ4n) is 4.50. The van der Waals surface area contributed by atoms with Gasteiger partial charge in [0.2, 0.25) is 0 Å². The number of para-hydroxylation sites is 1. The lowest BCUT2D eigenvalue weighted by Crippen LogP contribution is -2.24. The van der Waals surface area contributed by atoms with Crippen LogP contribution in [0.5, 0.6) is 11.5 Å². The topological polar surface area (TPSA) is 21.7 Å². The maximum Gasteiger partial charge on any atom is 0.126 e. The van der Waals surface area contributed by atoms with Gasteiger partial charge in [0.1, 0.15) is 11.5 Å². The van der Waals surface area contributed by atoms with Gasteiger partial charge in [-0.15, -0.1) is 0 Å². The second-order valence-electron chi connectivity index (χ2n) is 7.22. The summed E-state index contributed by atoms with van der Waals surface area (Å²) in [6, 6.07) is 11.3. The molecule has 2 aromatic rings. The van der Waals surface area contributed by atoms with Gasteiger partial charge in [-0.05, 0) is 35.7 Å². The van der Waals surface area contributed by atoms with Crippen LogP contribution in [-0.2, 0) is 19.3 Å². The summed E-state index contributed by atoms with van der Waals surface area (Å²) >= 11 is 0. The minimum atomic E-state index is 0.357. The second kappa shape index (κ2) is 5.52. The van der Waals surface area contributed by atoms with Crippen molar-refractivity contribution < 1.29 is 9.47 Å². The predicted molar refractivity (Wildman–Crippen MR) is 94.3 cm³/mol. The van der Waals surface area contributed by atoms with Crippen molar-refractivity contribution >= 4 is 0 Å². The van der Waals surface area contributed by atoms with E-state index in [1.54, 1.807) is 0 Å². The fraction of sp³-hybridized carbons (Fsp3) is 0.429. The van der Waals surface area contributed by atoms with Crippen LogP contribution in [0.4, 0.5) is 0 Å². The molecule has 3 nitrogen and oxygen atoms in total. The maximum atomic E-state index is 6.02. The number of ether oxygens (including phenoxy) is 2. The van der Waals surface area contributed by atoms with Crippen molar-refractivity contribution in [3.63, 3.8) is 0 Å². The van der Waals surface area contributed by atoms with Crippen molar-refractivity contribution in [2.24, 2.45) is 0 Å². The SMILES string of the molecule is CN1CCc2c(ccc3c2OCC3)C(c2cccc3c2OCC3)C1. The average molecular weight is 321 g/mol. The minimum Gasteiger partial charge on any atom is -0.493 e. The molecule has 124 valence electrons. The highest BCUT2D eigenvalue weighted by Gasteiger charge is 2.31. The van der Waals surface area contributed by atoms with Gasteiger partial charge in [0.15, 0.2) is 0 Å². The van der Waals surface area contributed by atoms with Crippen LogP contribution in [0.15, 0.2) is 30.3 Å². The molecule has 0 aromatic heterocycles. The van der Waals surface area contributed by atoms with Crippen molar-refractivity contribution in [1.82, 2.24) is 4.90 Å². The zero-order valence-corrected chi connectivity index (χ0v) is 14.2. The van der Waals surface area contributed by atoms with Gasteiger partial charge < -0.3 is 14.4 Å². The molecule has 0 radical (unpaired) electrons. The molecule has 0 spiro atoms. The summed E-state index contributed by atoms with van der Waals surface area (Å²) in [6.45, 7) is 3.76. The van der Waals surface area contributed by atoms with Crippen molar-refractivity contribution in [3.05, 3.63) is 58.1 Å². The van der Waals surface area contributed by atoms with Gasteiger partial charge in [-0.2, -0.15) is 0 Å². The molecule has 0 saturated heterocycles. The van der Waals surface area contributed by atoms with Gasteiger partial charge in [-0.25, -0.2) is 0 Å². The molecule has 1 unspecified atom stereocenters. The lowest BCUT2D eigenvalue weighted by atomic mass is 9.85. The van der Waals surface area contributed by atoms with Crippen LogP contribution < -0.4 is 9.47 Å². The van der Waals surface area contributed by atoms with Gasteiger partial charge in [-0.1, -0.05) is 30.3 Å².